The summed E-state index contributed by atoms with van der Waals surface area (Å²) in [6.07, 6.45) is 6.87. The van der Waals surface area contributed by atoms with Gasteiger partial charge in [-0.25, -0.2) is 0 Å². The Hall–Kier alpha value is -1.35. The van der Waals surface area contributed by atoms with Gasteiger partial charge in [0.05, 0.1) is 0 Å². The van der Waals surface area contributed by atoms with E-state index in [1.807, 2.05) is 12.1 Å². The molecule has 0 aliphatic heterocycles. The Morgan fingerprint density at radius 1 is 1.26 bits per heavy atom. The molecule has 0 aromatic heterocycles. The predicted molar refractivity (Wildman–Crippen MR) is 77.8 cm³/mol. The minimum atomic E-state index is -0.366. The molecule has 1 aromatic carbocycles. The quantitative estimate of drug-likeness (QED) is 0.855. The molecule has 104 valence electrons. The van der Waals surface area contributed by atoms with Crippen molar-refractivity contribution >= 4 is 5.91 Å². The minimum absolute atomic E-state index is 0.366. The van der Waals surface area contributed by atoms with Crippen molar-refractivity contribution in [3.05, 3.63) is 35.4 Å². The Labute approximate surface area is 115 Å². The third-order valence-electron chi connectivity index (χ3n) is 4.22. The number of benzene rings is 1. The lowest BCUT2D eigenvalue weighted by Gasteiger charge is -2.28. The Morgan fingerprint density at radius 2 is 1.89 bits per heavy atom. The summed E-state index contributed by atoms with van der Waals surface area (Å²) >= 11 is 0. The van der Waals surface area contributed by atoms with Crippen LogP contribution >= 0.6 is 0 Å². The van der Waals surface area contributed by atoms with E-state index in [9.17, 15) is 4.79 Å². The molecule has 0 radical (unpaired) electrons. The van der Waals surface area contributed by atoms with E-state index in [1.54, 1.807) is 12.1 Å². The van der Waals surface area contributed by atoms with Crippen LogP contribution in [0.5, 0.6) is 0 Å². The van der Waals surface area contributed by atoms with Gasteiger partial charge in [0.25, 0.3) is 0 Å². The van der Waals surface area contributed by atoms with Crippen LogP contribution in [-0.4, -0.2) is 11.9 Å². The average molecular weight is 260 g/mol. The Kier molecular flexibility index (Phi) is 4.97. The number of hydrogen-bond donors (Lipinski definition) is 2. The van der Waals surface area contributed by atoms with Crippen LogP contribution in [-0.2, 0) is 6.54 Å². The van der Waals surface area contributed by atoms with Crippen LogP contribution in [0, 0.1) is 5.92 Å². The molecule has 1 aromatic rings. The molecule has 0 spiro atoms. The highest BCUT2D eigenvalue weighted by molar-refractivity contribution is 5.92. The van der Waals surface area contributed by atoms with Crippen LogP contribution in [0.4, 0.5) is 0 Å². The molecule has 19 heavy (non-hydrogen) atoms. The number of rotatable bonds is 5. The molecule has 1 aliphatic rings. The van der Waals surface area contributed by atoms with E-state index in [1.165, 1.54) is 37.7 Å². The molecule has 0 bridgehead atoms. The number of nitrogens with two attached hydrogens (primary N) is 1. The van der Waals surface area contributed by atoms with E-state index in [4.69, 9.17) is 5.73 Å². The van der Waals surface area contributed by atoms with E-state index >= 15 is 0 Å². The summed E-state index contributed by atoms with van der Waals surface area (Å²) < 4.78 is 0. The van der Waals surface area contributed by atoms with Gasteiger partial charge in [0.2, 0.25) is 5.91 Å². The molecule has 1 amide bonds. The van der Waals surface area contributed by atoms with Crippen LogP contribution in [0.3, 0.4) is 0 Å². The number of nitrogens with one attached hydrogen (secondary N) is 1. The fraction of sp³-hybridized carbons (Fsp3) is 0.562. The van der Waals surface area contributed by atoms with E-state index in [0.29, 0.717) is 11.6 Å². The first kappa shape index (κ1) is 14.1. The van der Waals surface area contributed by atoms with Gasteiger partial charge in [-0.2, -0.15) is 0 Å². The fourth-order valence-corrected chi connectivity index (χ4v) is 2.87. The van der Waals surface area contributed by atoms with Gasteiger partial charge in [-0.05, 0) is 43.4 Å². The molecular weight excluding hydrogens is 236 g/mol. The summed E-state index contributed by atoms with van der Waals surface area (Å²) in [5.74, 6) is 0.453. The van der Waals surface area contributed by atoms with Gasteiger partial charge >= 0.3 is 0 Å². The fourth-order valence-electron chi connectivity index (χ4n) is 2.87. The lowest BCUT2D eigenvalue weighted by Crippen LogP contribution is -2.34. The highest BCUT2D eigenvalue weighted by atomic mass is 16.1. The second kappa shape index (κ2) is 6.71. The predicted octanol–water partition coefficient (Wildman–Crippen LogP) is 2.84. The van der Waals surface area contributed by atoms with Gasteiger partial charge in [-0.15, -0.1) is 0 Å². The summed E-state index contributed by atoms with van der Waals surface area (Å²) in [4.78, 5) is 11.0. The minimum Gasteiger partial charge on any atom is -0.366 e. The summed E-state index contributed by atoms with van der Waals surface area (Å²) in [5, 5.41) is 3.60. The standard InChI is InChI=1S/C16H24N2O/c1-12(14-5-3-2-4-6-14)18-11-13-7-9-15(10-8-13)16(17)19/h7-10,12,14,18H,2-6,11H2,1H3,(H2,17,19)/t12-/m0/s1. The zero-order valence-corrected chi connectivity index (χ0v) is 11.7. The van der Waals surface area contributed by atoms with Crippen molar-refractivity contribution in [2.24, 2.45) is 11.7 Å². The van der Waals surface area contributed by atoms with Crippen LogP contribution < -0.4 is 11.1 Å². The van der Waals surface area contributed by atoms with E-state index in [-0.39, 0.29) is 5.91 Å². The Balaban J connectivity index is 1.82. The van der Waals surface area contributed by atoms with Crippen molar-refractivity contribution in [2.75, 3.05) is 0 Å². The molecule has 3 N–H and O–H groups in total. The monoisotopic (exact) mass is 260 g/mol. The smallest absolute Gasteiger partial charge is 0.248 e. The maximum Gasteiger partial charge on any atom is 0.248 e. The highest BCUT2D eigenvalue weighted by Gasteiger charge is 2.19. The zero-order chi connectivity index (χ0) is 13.7. The van der Waals surface area contributed by atoms with Gasteiger partial charge in [0.15, 0.2) is 0 Å². The van der Waals surface area contributed by atoms with Crippen molar-refractivity contribution in [3.8, 4) is 0 Å². The van der Waals surface area contributed by atoms with Crippen LogP contribution in [0.2, 0.25) is 0 Å². The first-order chi connectivity index (χ1) is 9.16. The lowest BCUT2D eigenvalue weighted by molar-refractivity contribution is 0.100. The SMILES string of the molecule is C[C@H](NCc1ccc(C(N)=O)cc1)C1CCCCC1. The van der Waals surface area contributed by atoms with E-state index < -0.39 is 0 Å². The molecule has 1 atom stereocenters. The molecule has 3 heteroatoms. The van der Waals surface area contributed by atoms with Crippen molar-refractivity contribution in [1.82, 2.24) is 5.32 Å². The Morgan fingerprint density at radius 3 is 2.47 bits per heavy atom. The summed E-state index contributed by atoms with van der Waals surface area (Å²) in [6.45, 7) is 3.14. The second-order valence-corrected chi connectivity index (χ2v) is 5.63. The third-order valence-corrected chi connectivity index (χ3v) is 4.22. The maximum atomic E-state index is 11.0. The lowest BCUT2D eigenvalue weighted by atomic mass is 9.84. The molecule has 1 fully saturated rings. The number of hydrogen-bond acceptors (Lipinski definition) is 2. The summed E-state index contributed by atoms with van der Waals surface area (Å²) in [6, 6.07) is 8.10. The second-order valence-electron chi connectivity index (χ2n) is 5.63. The van der Waals surface area contributed by atoms with Gasteiger partial charge in [0.1, 0.15) is 0 Å². The van der Waals surface area contributed by atoms with Crippen LogP contribution in [0.15, 0.2) is 24.3 Å². The first-order valence-electron chi connectivity index (χ1n) is 7.29. The normalized spacial score (nSPS) is 18.2. The summed E-state index contributed by atoms with van der Waals surface area (Å²) in [5.41, 5.74) is 7.00. The zero-order valence-electron chi connectivity index (χ0n) is 11.7. The maximum absolute atomic E-state index is 11.0. The van der Waals surface area contributed by atoms with E-state index in [0.717, 1.165) is 12.5 Å². The molecule has 1 saturated carbocycles. The van der Waals surface area contributed by atoms with Gasteiger partial charge < -0.3 is 11.1 Å². The van der Waals surface area contributed by atoms with Gasteiger partial charge in [-0.3, -0.25) is 4.79 Å². The number of primary amides is 1. The van der Waals surface area contributed by atoms with Gasteiger partial charge in [-0.1, -0.05) is 31.4 Å². The molecule has 1 aliphatic carbocycles. The van der Waals surface area contributed by atoms with Crippen LogP contribution in [0.1, 0.15) is 54.9 Å². The van der Waals surface area contributed by atoms with E-state index in [2.05, 4.69) is 12.2 Å². The van der Waals surface area contributed by atoms with Crippen molar-refractivity contribution in [1.29, 1.82) is 0 Å². The largest absolute Gasteiger partial charge is 0.366 e. The first-order valence-corrected chi connectivity index (χ1v) is 7.29. The number of amides is 1. The average Bonchev–Trinajstić information content (AvgIpc) is 2.46. The molecule has 0 unspecified atom stereocenters. The van der Waals surface area contributed by atoms with Gasteiger partial charge in [0, 0.05) is 18.2 Å². The molecule has 3 nitrogen and oxygen atoms in total. The molecule has 2 rings (SSSR count). The molecule has 0 saturated heterocycles. The topological polar surface area (TPSA) is 55.1 Å². The third kappa shape index (κ3) is 4.06. The summed E-state index contributed by atoms with van der Waals surface area (Å²) in [7, 11) is 0. The highest BCUT2D eigenvalue weighted by Crippen LogP contribution is 2.26. The number of carbonyl (C=O) groups is 1. The van der Waals surface area contributed by atoms with Crippen molar-refractivity contribution < 1.29 is 4.79 Å². The molecular formula is C16H24N2O. The molecule has 0 heterocycles. The van der Waals surface area contributed by atoms with Crippen molar-refractivity contribution in [2.45, 2.75) is 51.6 Å². The van der Waals surface area contributed by atoms with Crippen molar-refractivity contribution in [3.63, 3.8) is 0 Å². The van der Waals surface area contributed by atoms with Crippen LogP contribution in [0.25, 0.3) is 0 Å². The number of carbonyl (C=O) groups excluding carboxylic acids is 1. The Bertz CT molecular complexity index is 407.